The maximum atomic E-state index is 12.3. The van der Waals surface area contributed by atoms with Gasteiger partial charge in [0, 0.05) is 12.8 Å². The Kier molecular flexibility index (Phi) is 40.0. The largest absolute Gasteiger partial charge is 1.00 e. The quantitative estimate of drug-likeness (QED) is 0.0227. The zero-order valence-corrected chi connectivity index (χ0v) is 34.7. The fourth-order valence-corrected chi connectivity index (χ4v) is 5.83. The summed E-state index contributed by atoms with van der Waals surface area (Å²) in [6.45, 7) is 3.57. The Morgan fingerprint density at radius 1 is 0.571 bits per heavy atom. The fourth-order valence-electron chi connectivity index (χ4n) is 5.48. The van der Waals surface area contributed by atoms with Crippen LogP contribution in [0.25, 0.3) is 0 Å². The number of allylic oxidation sites excluding steroid dienone is 4. The van der Waals surface area contributed by atoms with Crippen LogP contribution >= 0.6 is 7.82 Å². The van der Waals surface area contributed by atoms with E-state index in [-0.39, 0.29) is 49.0 Å². The summed E-state index contributed by atoms with van der Waals surface area (Å²) >= 11 is 0. The first kappa shape index (κ1) is 50.6. The minimum atomic E-state index is -5.00. The van der Waals surface area contributed by atoms with Crippen LogP contribution in [0.4, 0.5) is 0 Å². The zero-order valence-electron chi connectivity index (χ0n) is 31.9. The van der Waals surface area contributed by atoms with Crippen molar-refractivity contribution in [1.29, 1.82) is 0 Å². The summed E-state index contributed by atoms with van der Waals surface area (Å²) in [5.41, 5.74) is 0. The van der Waals surface area contributed by atoms with Crippen LogP contribution in [0.1, 0.15) is 194 Å². The summed E-state index contributed by atoms with van der Waals surface area (Å²) < 4.78 is 26.0. The van der Waals surface area contributed by atoms with Gasteiger partial charge in [0.25, 0.3) is 7.82 Å². The second-order valence-corrected chi connectivity index (χ2v) is 14.4. The molecule has 0 spiro atoms. The van der Waals surface area contributed by atoms with Crippen molar-refractivity contribution in [2.75, 3.05) is 13.2 Å². The molecule has 0 aliphatic carbocycles. The molecule has 0 aromatic carbocycles. The first-order valence-electron chi connectivity index (χ1n) is 19.6. The van der Waals surface area contributed by atoms with Crippen LogP contribution in [-0.4, -0.2) is 36.1 Å². The Labute approximate surface area is 322 Å². The van der Waals surface area contributed by atoms with E-state index in [9.17, 15) is 19.0 Å². The van der Waals surface area contributed by atoms with E-state index < -0.39 is 32.5 Å². The van der Waals surface area contributed by atoms with Gasteiger partial charge in [-0.2, -0.15) is 0 Å². The van der Waals surface area contributed by atoms with Crippen molar-refractivity contribution in [3.05, 3.63) is 24.3 Å². The Hall–Kier alpha value is -0.470. The van der Waals surface area contributed by atoms with E-state index in [1.54, 1.807) is 0 Å². The molecule has 0 aliphatic rings. The van der Waals surface area contributed by atoms with Crippen LogP contribution in [-0.2, 0) is 28.2 Å². The number of carbonyl (C=O) groups is 2. The number of hydrogen-bond donors (Lipinski definition) is 1. The molecule has 0 aliphatic heterocycles. The number of unbranched alkanes of at least 4 members (excludes halogenated alkanes) is 22. The maximum Gasteiger partial charge on any atom is 1.00 e. The standard InChI is InChI=1S/C39H73O8P.Na/c1-3-5-7-9-11-13-15-17-19-21-23-25-27-29-31-33-38(40)45-35-37(36-46-48(42,43)44)47-39(41)34-32-30-28-26-24-22-20-18-16-14-12-10-8-6-4-2;/h17-20,37H,3-16,21-36H2,1-2H3,(H2,42,43,44);/q;+1/p-1/b19-17+,20-18+;/t37-;/m1./s1. The average molecular weight is 723 g/mol. The SMILES string of the molecule is CCCCCCCC/C=C/CCCCCCCC(=O)OC[C@H](COP(=O)([O-])O)OC(=O)CCCCCCC/C=C/CCCCCCCC.[Na+]. The maximum absolute atomic E-state index is 12.3. The van der Waals surface area contributed by atoms with E-state index >= 15 is 0 Å². The Morgan fingerprint density at radius 2 is 0.918 bits per heavy atom. The number of hydrogen-bond acceptors (Lipinski definition) is 7. The van der Waals surface area contributed by atoms with Crippen molar-refractivity contribution in [1.82, 2.24) is 0 Å². The van der Waals surface area contributed by atoms with Crippen LogP contribution in [0, 0.1) is 0 Å². The van der Waals surface area contributed by atoms with Crippen molar-refractivity contribution >= 4 is 19.8 Å². The molecule has 0 saturated carbocycles. The van der Waals surface area contributed by atoms with E-state index in [2.05, 4.69) is 42.7 Å². The van der Waals surface area contributed by atoms with E-state index in [0.717, 1.165) is 64.2 Å². The van der Waals surface area contributed by atoms with Crippen LogP contribution < -0.4 is 34.5 Å². The summed E-state index contributed by atoms with van der Waals surface area (Å²) in [5, 5.41) is 0. The van der Waals surface area contributed by atoms with Crippen LogP contribution in [0.5, 0.6) is 0 Å². The average Bonchev–Trinajstić information content (AvgIpc) is 3.05. The number of phosphoric ester groups is 1. The molecule has 0 amide bonds. The summed E-state index contributed by atoms with van der Waals surface area (Å²) in [7, 11) is -5.00. The number of esters is 2. The molecule has 0 heterocycles. The minimum Gasteiger partial charge on any atom is -0.756 e. The second-order valence-electron chi connectivity index (χ2n) is 13.2. The topological polar surface area (TPSA) is 122 Å². The van der Waals surface area contributed by atoms with Gasteiger partial charge in [-0.15, -0.1) is 0 Å². The van der Waals surface area contributed by atoms with Crippen LogP contribution in [0.15, 0.2) is 24.3 Å². The van der Waals surface area contributed by atoms with Crippen molar-refractivity contribution in [2.45, 2.75) is 200 Å². The van der Waals surface area contributed by atoms with Gasteiger partial charge in [-0.05, 0) is 64.2 Å². The molecule has 10 heteroatoms. The van der Waals surface area contributed by atoms with E-state index in [1.807, 2.05) is 0 Å². The number of ether oxygens (including phenoxy) is 2. The third-order valence-corrected chi connectivity index (χ3v) is 8.91. The molecule has 0 bridgehead atoms. The first-order valence-corrected chi connectivity index (χ1v) is 21.1. The smallest absolute Gasteiger partial charge is 0.756 e. The molecule has 1 N–H and O–H groups in total. The fraction of sp³-hybridized carbons (Fsp3) is 0.846. The Balaban J connectivity index is 0. The van der Waals surface area contributed by atoms with Crippen LogP contribution in [0.3, 0.4) is 0 Å². The van der Waals surface area contributed by atoms with E-state index in [0.29, 0.717) is 12.8 Å². The summed E-state index contributed by atoms with van der Waals surface area (Å²) in [4.78, 5) is 44.6. The minimum absolute atomic E-state index is 0. The van der Waals surface area contributed by atoms with E-state index in [4.69, 9.17) is 14.4 Å². The molecule has 1 unspecified atom stereocenters. The van der Waals surface area contributed by atoms with Gasteiger partial charge in [-0.3, -0.25) is 14.2 Å². The molecule has 0 aromatic rings. The van der Waals surface area contributed by atoms with Crippen LogP contribution in [0.2, 0.25) is 0 Å². The Bertz CT molecular complexity index is 845. The molecule has 0 aromatic heterocycles. The molecule has 0 saturated heterocycles. The molecular weight excluding hydrogens is 650 g/mol. The van der Waals surface area contributed by atoms with Gasteiger partial charge in [0.05, 0.1) is 6.61 Å². The molecule has 0 rings (SSSR count). The van der Waals surface area contributed by atoms with Gasteiger partial charge >= 0.3 is 41.5 Å². The van der Waals surface area contributed by atoms with E-state index in [1.165, 1.54) is 89.9 Å². The van der Waals surface area contributed by atoms with Crippen molar-refractivity contribution in [2.24, 2.45) is 0 Å². The van der Waals surface area contributed by atoms with Gasteiger partial charge < -0.3 is 23.8 Å². The first-order chi connectivity index (χ1) is 23.3. The number of rotatable bonds is 36. The predicted octanol–water partition coefficient (Wildman–Crippen LogP) is 8.00. The van der Waals surface area contributed by atoms with Crippen molar-refractivity contribution < 1.29 is 67.5 Å². The molecule has 49 heavy (non-hydrogen) atoms. The zero-order chi connectivity index (χ0) is 35.4. The normalized spacial score (nSPS) is 13.4. The molecule has 282 valence electrons. The second kappa shape index (κ2) is 38.8. The van der Waals surface area contributed by atoms with Gasteiger partial charge in [0.1, 0.15) is 6.61 Å². The third-order valence-electron chi connectivity index (χ3n) is 8.44. The molecule has 2 atom stereocenters. The molecular formula is C39H72NaO8P. The number of phosphoric acid groups is 1. The van der Waals surface area contributed by atoms with Gasteiger partial charge in [0.15, 0.2) is 6.10 Å². The monoisotopic (exact) mass is 722 g/mol. The van der Waals surface area contributed by atoms with Gasteiger partial charge in [-0.1, -0.05) is 141 Å². The predicted molar refractivity (Wildman–Crippen MR) is 196 cm³/mol. The molecule has 0 radical (unpaired) electrons. The summed E-state index contributed by atoms with van der Waals surface area (Å²) in [5.74, 6) is -0.937. The molecule has 0 fully saturated rings. The number of carbonyl (C=O) groups excluding carboxylic acids is 2. The van der Waals surface area contributed by atoms with Crippen molar-refractivity contribution in [3.8, 4) is 0 Å². The van der Waals surface area contributed by atoms with Gasteiger partial charge in [-0.25, -0.2) is 0 Å². The molecule has 8 nitrogen and oxygen atoms in total. The van der Waals surface area contributed by atoms with Gasteiger partial charge in [0.2, 0.25) is 0 Å². The summed E-state index contributed by atoms with van der Waals surface area (Å²) in [6, 6.07) is 0. The summed E-state index contributed by atoms with van der Waals surface area (Å²) in [6.07, 6.45) is 38.7. The van der Waals surface area contributed by atoms with Crippen molar-refractivity contribution in [3.63, 3.8) is 0 Å². The third kappa shape index (κ3) is 41.8. The Morgan fingerprint density at radius 3 is 1.31 bits per heavy atom.